The molecule has 7 heteroatoms. The molecule has 0 unspecified atom stereocenters. The number of aromatic carboxylic acids is 1. The Labute approximate surface area is 116 Å². The Morgan fingerprint density at radius 2 is 1.85 bits per heavy atom. The van der Waals surface area contributed by atoms with Gasteiger partial charge < -0.3 is 14.9 Å². The number of nitrogens with zero attached hydrogens (tertiary/aromatic N) is 4. The number of amides is 1. The molecule has 1 aromatic rings. The van der Waals surface area contributed by atoms with Gasteiger partial charge in [0.05, 0.1) is 0 Å². The van der Waals surface area contributed by atoms with Gasteiger partial charge in [0, 0.05) is 38.2 Å². The van der Waals surface area contributed by atoms with E-state index in [1.165, 1.54) is 12.4 Å². The van der Waals surface area contributed by atoms with Crippen LogP contribution in [0, 0.1) is 5.92 Å². The molecule has 0 spiro atoms. The van der Waals surface area contributed by atoms with Crippen LogP contribution in [0.5, 0.6) is 0 Å². The second-order valence-corrected chi connectivity index (χ2v) is 5.15. The van der Waals surface area contributed by atoms with E-state index in [1.54, 1.807) is 0 Å². The minimum atomic E-state index is -1.06. The number of carbonyl (C=O) groups is 2. The first kappa shape index (κ1) is 12.8. The lowest BCUT2D eigenvalue weighted by atomic mass is 10.2. The zero-order valence-corrected chi connectivity index (χ0v) is 11.0. The molecule has 1 N–H and O–H groups in total. The molecule has 0 bridgehead atoms. The maximum absolute atomic E-state index is 12.0. The van der Waals surface area contributed by atoms with E-state index in [0.29, 0.717) is 32.0 Å². The number of hydrogen-bond acceptors (Lipinski definition) is 5. The summed E-state index contributed by atoms with van der Waals surface area (Å²) in [6.45, 7) is 2.69. The van der Waals surface area contributed by atoms with Crippen molar-refractivity contribution in [3.63, 3.8) is 0 Å². The van der Waals surface area contributed by atoms with Crippen LogP contribution in [0.1, 0.15) is 23.3 Å². The highest BCUT2D eigenvalue weighted by Gasteiger charge is 2.34. The number of piperazine rings is 1. The third-order valence-corrected chi connectivity index (χ3v) is 3.71. The van der Waals surface area contributed by atoms with Crippen LogP contribution in [-0.4, -0.2) is 58.0 Å². The summed E-state index contributed by atoms with van der Waals surface area (Å²) in [5.41, 5.74) is -0.00788. The summed E-state index contributed by atoms with van der Waals surface area (Å²) < 4.78 is 0. The summed E-state index contributed by atoms with van der Waals surface area (Å²) in [6, 6.07) is 1.47. The predicted octanol–water partition coefficient (Wildman–Crippen LogP) is 0.233. The second kappa shape index (κ2) is 5.07. The van der Waals surface area contributed by atoms with E-state index in [0.717, 1.165) is 12.8 Å². The summed E-state index contributed by atoms with van der Waals surface area (Å²) in [5.74, 6) is 0.0601. The number of aromatic nitrogens is 2. The van der Waals surface area contributed by atoms with Crippen molar-refractivity contribution >= 4 is 17.7 Å². The largest absolute Gasteiger partial charge is 0.477 e. The zero-order chi connectivity index (χ0) is 14.1. The summed E-state index contributed by atoms with van der Waals surface area (Å²) in [4.78, 5) is 34.6. The van der Waals surface area contributed by atoms with E-state index < -0.39 is 5.97 Å². The van der Waals surface area contributed by atoms with Gasteiger partial charge in [0.2, 0.25) is 5.91 Å². The average Bonchev–Trinajstić information content (AvgIpc) is 3.31. The van der Waals surface area contributed by atoms with Crippen molar-refractivity contribution < 1.29 is 14.7 Å². The van der Waals surface area contributed by atoms with Gasteiger partial charge in [-0.1, -0.05) is 0 Å². The SMILES string of the molecule is O=C(O)c1cc(N2CCN(C(=O)C3CC3)CC2)ncn1. The van der Waals surface area contributed by atoms with E-state index in [-0.39, 0.29) is 17.5 Å². The maximum atomic E-state index is 12.0. The van der Waals surface area contributed by atoms with E-state index >= 15 is 0 Å². The van der Waals surface area contributed by atoms with Crippen molar-refractivity contribution in [2.24, 2.45) is 5.92 Å². The van der Waals surface area contributed by atoms with E-state index in [9.17, 15) is 9.59 Å². The van der Waals surface area contributed by atoms with Crippen LogP contribution in [0.3, 0.4) is 0 Å². The number of carboxylic acids is 1. The van der Waals surface area contributed by atoms with Crippen molar-refractivity contribution in [2.45, 2.75) is 12.8 Å². The van der Waals surface area contributed by atoms with E-state index in [4.69, 9.17) is 5.11 Å². The predicted molar refractivity (Wildman–Crippen MR) is 70.5 cm³/mol. The Balaban J connectivity index is 1.64. The van der Waals surface area contributed by atoms with E-state index in [1.807, 2.05) is 9.80 Å². The number of rotatable bonds is 3. The van der Waals surface area contributed by atoms with Gasteiger partial charge in [0.15, 0.2) is 5.69 Å². The molecule has 1 amide bonds. The van der Waals surface area contributed by atoms with Gasteiger partial charge in [-0.25, -0.2) is 14.8 Å². The fourth-order valence-corrected chi connectivity index (χ4v) is 2.38. The molecule has 3 rings (SSSR count). The molecule has 20 heavy (non-hydrogen) atoms. The van der Waals surface area contributed by atoms with Crippen molar-refractivity contribution in [3.8, 4) is 0 Å². The molecule has 1 aromatic heterocycles. The zero-order valence-electron chi connectivity index (χ0n) is 11.0. The summed E-state index contributed by atoms with van der Waals surface area (Å²) in [6.07, 6.45) is 3.31. The topological polar surface area (TPSA) is 86.6 Å². The molecular weight excluding hydrogens is 260 g/mol. The molecule has 0 radical (unpaired) electrons. The van der Waals surface area contributed by atoms with Crippen LogP contribution in [-0.2, 0) is 4.79 Å². The van der Waals surface area contributed by atoms with Crippen LogP contribution in [0.25, 0.3) is 0 Å². The molecule has 7 nitrogen and oxygen atoms in total. The van der Waals surface area contributed by atoms with Gasteiger partial charge >= 0.3 is 5.97 Å². The van der Waals surface area contributed by atoms with Gasteiger partial charge in [-0.3, -0.25) is 4.79 Å². The molecule has 1 aliphatic carbocycles. The Morgan fingerprint density at radius 3 is 2.45 bits per heavy atom. The fourth-order valence-electron chi connectivity index (χ4n) is 2.38. The molecule has 2 fully saturated rings. The van der Waals surface area contributed by atoms with E-state index in [2.05, 4.69) is 9.97 Å². The molecule has 0 aromatic carbocycles. The number of carboxylic acid groups (broad SMARTS) is 1. The highest BCUT2D eigenvalue weighted by molar-refractivity contribution is 5.86. The monoisotopic (exact) mass is 276 g/mol. The highest BCUT2D eigenvalue weighted by Crippen LogP contribution is 2.31. The molecular formula is C13H16N4O3. The van der Waals surface area contributed by atoms with Crippen LogP contribution in [0.15, 0.2) is 12.4 Å². The first-order chi connectivity index (χ1) is 9.65. The van der Waals surface area contributed by atoms with Gasteiger partial charge in [-0.2, -0.15) is 0 Å². The Hall–Kier alpha value is -2.18. The number of hydrogen-bond donors (Lipinski definition) is 1. The smallest absolute Gasteiger partial charge is 0.354 e. The molecule has 0 atom stereocenters. The van der Waals surface area contributed by atoms with Gasteiger partial charge in [-0.15, -0.1) is 0 Å². The Morgan fingerprint density at radius 1 is 1.15 bits per heavy atom. The molecule has 106 valence electrons. The van der Waals surface area contributed by atoms with Crippen LogP contribution in [0.4, 0.5) is 5.82 Å². The molecule has 2 aliphatic rings. The molecule has 2 heterocycles. The quantitative estimate of drug-likeness (QED) is 0.850. The second-order valence-electron chi connectivity index (χ2n) is 5.15. The number of anilines is 1. The van der Waals surface area contributed by atoms with Gasteiger partial charge in [0.1, 0.15) is 12.1 Å². The van der Waals surface area contributed by atoms with Crippen molar-refractivity contribution in [1.29, 1.82) is 0 Å². The third-order valence-electron chi connectivity index (χ3n) is 3.71. The normalized spacial score (nSPS) is 19.0. The molecule has 1 saturated carbocycles. The van der Waals surface area contributed by atoms with Crippen molar-refractivity contribution in [2.75, 3.05) is 31.1 Å². The maximum Gasteiger partial charge on any atom is 0.354 e. The van der Waals surface area contributed by atoms with Gasteiger partial charge in [0.25, 0.3) is 0 Å². The molecule has 1 saturated heterocycles. The molecule has 1 aliphatic heterocycles. The summed E-state index contributed by atoms with van der Waals surface area (Å²) in [5, 5.41) is 8.93. The standard InChI is InChI=1S/C13H16N4O3/c18-12(9-1-2-9)17-5-3-16(4-6-17)11-7-10(13(19)20)14-8-15-11/h7-9H,1-6H2,(H,19,20). The third kappa shape index (κ3) is 2.56. The Bertz CT molecular complexity index is 536. The highest BCUT2D eigenvalue weighted by atomic mass is 16.4. The lowest BCUT2D eigenvalue weighted by Crippen LogP contribution is -2.49. The van der Waals surface area contributed by atoms with Gasteiger partial charge in [-0.05, 0) is 12.8 Å². The summed E-state index contributed by atoms with van der Waals surface area (Å²) in [7, 11) is 0. The van der Waals surface area contributed by atoms with Crippen LogP contribution < -0.4 is 4.90 Å². The Kier molecular flexibility index (Phi) is 3.25. The number of carbonyl (C=O) groups excluding carboxylic acids is 1. The van der Waals surface area contributed by atoms with Crippen LogP contribution in [0.2, 0.25) is 0 Å². The first-order valence-corrected chi connectivity index (χ1v) is 6.74. The summed E-state index contributed by atoms with van der Waals surface area (Å²) >= 11 is 0. The minimum Gasteiger partial charge on any atom is -0.477 e. The lowest BCUT2D eigenvalue weighted by Gasteiger charge is -2.35. The van der Waals surface area contributed by atoms with Crippen LogP contribution >= 0.6 is 0 Å². The first-order valence-electron chi connectivity index (χ1n) is 6.74. The van der Waals surface area contributed by atoms with Crippen molar-refractivity contribution in [1.82, 2.24) is 14.9 Å². The van der Waals surface area contributed by atoms with Crippen molar-refractivity contribution in [3.05, 3.63) is 18.1 Å². The minimum absolute atomic E-state index is 0.00788. The average molecular weight is 276 g/mol. The fraction of sp³-hybridized carbons (Fsp3) is 0.538. The lowest BCUT2D eigenvalue weighted by molar-refractivity contribution is -0.132.